The number of nitrogen functional groups attached to an aromatic ring is 2. The lowest BCUT2D eigenvalue weighted by atomic mass is 10.2. The summed E-state index contributed by atoms with van der Waals surface area (Å²) in [5.74, 6) is 0.612. The van der Waals surface area contributed by atoms with Crippen LogP contribution in [0.4, 0.5) is 11.4 Å². The summed E-state index contributed by atoms with van der Waals surface area (Å²) in [5, 5.41) is 2.23. The number of hydrogen-bond donors (Lipinski definition) is 3. The van der Waals surface area contributed by atoms with Crippen LogP contribution in [0.1, 0.15) is 38.8 Å². The van der Waals surface area contributed by atoms with Gasteiger partial charge in [-0.3, -0.25) is 0 Å². The van der Waals surface area contributed by atoms with Crippen LogP contribution in [0.2, 0.25) is 0 Å². The first-order chi connectivity index (χ1) is 19.2. The van der Waals surface area contributed by atoms with Crippen molar-refractivity contribution in [1.82, 2.24) is 9.55 Å². The summed E-state index contributed by atoms with van der Waals surface area (Å²) in [4.78, 5) is 3.06. The van der Waals surface area contributed by atoms with Crippen molar-refractivity contribution >= 4 is 44.8 Å². The fraction of sp³-hybridized carbons (Fsp3) is 0.176. The van der Waals surface area contributed by atoms with Crippen LogP contribution in [-0.4, -0.2) is 9.55 Å². The van der Waals surface area contributed by atoms with Gasteiger partial charge in [0.2, 0.25) is 0 Å². The van der Waals surface area contributed by atoms with Gasteiger partial charge in [-0.2, -0.15) is 0 Å². The third-order valence-corrected chi connectivity index (χ3v) is 5.94. The molecule has 0 spiro atoms. The maximum absolute atomic E-state index is 6.01. The minimum Gasteiger partial charge on any atom is -0.397 e. The Kier molecular flexibility index (Phi) is 13.8. The predicted molar refractivity (Wildman–Crippen MR) is 173 cm³/mol. The van der Waals surface area contributed by atoms with E-state index in [1.165, 1.54) is 16.6 Å². The molecule has 2 aromatic heterocycles. The minimum atomic E-state index is 0.612. The van der Waals surface area contributed by atoms with Crippen LogP contribution in [0.15, 0.2) is 122 Å². The van der Waals surface area contributed by atoms with Crippen LogP contribution in [0.5, 0.6) is 0 Å². The van der Waals surface area contributed by atoms with Crippen molar-refractivity contribution in [3.05, 3.63) is 133 Å². The molecule has 0 aliphatic rings. The third kappa shape index (κ3) is 9.27. The van der Waals surface area contributed by atoms with Crippen LogP contribution < -0.4 is 11.5 Å². The van der Waals surface area contributed by atoms with Crippen molar-refractivity contribution in [2.75, 3.05) is 11.5 Å². The first kappa shape index (κ1) is 31.1. The zero-order chi connectivity index (χ0) is 28.5. The lowest BCUT2D eigenvalue weighted by molar-refractivity contribution is 0.838. The number of para-hydroxylation sites is 2. The maximum Gasteiger partial charge on any atom is 0.0574 e. The van der Waals surface area contributed by atoms with E-state index in [2.05, 4.69) is 45.9 Å². The van der Waals surface area contributed by atoms with Gasteiger partial charge in [0, 0.05) is 41.1 Å². The van der Waals surface area contributed by atoms with Crippen LogP contribution in [0.3, 0.4) is 0 Å². The summed E-state index contributed by atoms with van der Waals surface area (Å²) >= 11 is 5.53. The van der Waals surface area contributed by atoms with Gasteiger partial charge in [-0.05, 0) is 23.3 Å². The number of halogens is 1. The monoisotopic (exact) mass is 540 g/mol. The average Bonchev–Trinajstić information content (AvgIpc) is 3.56. The van der Waals surface area contributed by atoms with E-state index in [1.54, 1.807) is 0 Å². The van der Waals surface area contributed by atoms with Gasteiger partial charge < -0.3 is 21.0 Å². The number of anilines is 2. The third-order valence-electron chi connectivity index (χ3n) is 5.63. The highest BCUT2D eigenvalue weighted by molar-refractivity contribution is 6.17. The molecular weight excluding hydrogens is 500 g/mol. The zero-order valence-electron chi connectivity index (χ0n) is 23.4. The van der Waals surface area contributed by atoms with Gasteiger partial charge in [0.25, 0.3) is 0 Å². The van der Waals surface area contributed by atoms with Gasteiger partial charge in [0.1, 0.15) is 0 Å². The molecule has 0 unspecified atom stereocenters. The van der Waals surface area contributed by atoms with E-state index in [9.17, 15) is 0 Å². The number of nitrogens with zero attached hydrogens (tertiary/aromatic N) is 1. The molecule has 6 rings (SSSR count). The second kappa shape index (κ2) is 17.4. The highest BCUT2D eigenvalue weighted by atomic mass is 35.5. The summed E-state index contributed by atoms with van der Waals surface area (Å²) < 4.78 is 2.19. The predicted octanol–water partition coefficient (Wildman–Crippen LogP) is 9.50. The van der Waals surface area contributed by atoms with E-state index in [4.69, 9.17) is 23.1 Å². The van der Waals surface area contributed by atoms with Crippen molar-refractivity contribution < 1.29 is 0 Å². The summed E-state index contributed by atoms with van der Waals surface area (Å²) in [6.07, 6.45) is 3.82. The van der Waals surface area contributed by atoms with Gasteiger partial charge >= 0.3 is 0 Å². The van der Waals surface area contributed by atoms with Crippen LogP contribution >= 0.6 is 11.6 Å². The molecule has 0 saturated carbocycles. The Balaban J connectivity index is 0.000000207. The number of alkyl halides is 1. The molecule has 0 atom stereocenters. The molecule has 0 aliphatic carbocycles. The molecule has 39 heavy (non-hydrogen) atoms. The second-order valence-corrected chi connectivity index (χ2v) is 8.39. The number of nitrogens with one attached hydrogen (secondary N) is 1. The van der Waals surface area contributed by atoms with Crippen molar-refractivity contribution in [2.45, 2.75) is 40.1 Å². The summed E-state index contributed by atoms with van der Waals surface area (Å²) in [5.41, 5.74) is 18.1. The number of aromatic amines is 1. The lowest BCUT2D eigenvalue weighted by Gasteiger charge is -2.04. The molecule has 4 nitrogen and oxygen atoms in total. The van der Waals surface area contributed by atoms with E-state index in [0.717, 1.165) is 34.2 Å². The molecule has 0 saturated heterocycles. The summed E-state index contributed by atoms with van der Waals surface area (Å²) in [6, 6.07) is 36.6. The lowest BCUT2D eigenvalue weighted by Crippen LogP contribution is -1.97. The Morgan fingerprint density at radius 1 is 0.615 bits per heavy atom. The fourth-order valence-electron chi connectivity index (χ4n) is 3.85. The molecule has 204 valence electrons. The van der Waals surface area contributed by atoms with Crippen LogP contribution in [0.25, 0.3) is 21.8 Å². The molecule has 6 aromatic rings. The SMILES string of the molecule is CC.CC.ClCc1ccccc1.Nc1c[nH]c2ccccc12.Nc1cn(Cc2ccccc2)c2ccccc12. The summed E-state index contributed by atoms with van der Waals surface area (Å²) in [6.45, 7) is 8.86. The highest BCUT2D eigenvalue weighted by Gasteiger charge is 2.05. The van der Waals surface area contributed by atoms with E-state index in [1.807, 2.05) is 113 Å². The Hall–Kier alpha value is -4.15. The Labute approximate surface area is 238 Å². The number of nitrogens with two attached hydrogens (primary N) is 2. The smallest absolute Gasteiger partial charge is 0.0574 e. The molecule has 0 fully saturated rings. The van der Waals surface area contributed by atoms with E-state index >= 15 is 0 Å². The van der Waals surface area contributed by atoms with E-state index in [0.29, 0.717) is 5.88 Å². The normalized spacial score (nSPS) is 9.56. The van der Waals surface area contributed by atoms with Crippen LogP contribution in [0, 0.1) is 0 Å². The zero-order valence-corrected chi connectivity index (χ0v) is 24.2. The van der Waals surface area contributed by atoms with Crippen molar-refractivity contribution in [3.8, 4) is 0 Å². The topological polar surface area (TPSA) is 72.8 Å². The van der Waals surface area contributed by atoms with Gasteiger partial charge in [-0.25, -0.2) is 0 Å². The Morgan fingerprint density at radius 3 is 1.69 bits per heavy atom. The molecule has 5 N–H and O–H groups in total. The molecule has 0 bridgehead atoms. The Bertz CT molecular complexity index is 1470. The van der Waals surface area contributed by atoms with Crippen molar-refractivity contribution in [1.29, 1.82) is 0 Å². The first-order valence-electron chi connectivity index (χ1n) is 13.4. The van der Waals surface area contributed by atoms with E-state index in [-0.39, 0.29) is 0 Å². The molecule has 0 aliphatic heterocycles. The molecule has 0 amide bonds. The number of rotatable bonds is 3. The second-order valence-electron chi connectivity index (χ2n) is 8.12. The van der Waals surface area contributed by atoms with Crippen molar-refractivity contribution in [3.63, 3.8) is 0 Å². The standard InChI is InChI=1S/C15H14N2.C8H8N2.C7H7Cl.2C2H6/c16-14-11-17(10-12-6-2-1-3-7-12)15-9-5-4-8-13(14)15;9-7-5-10-8-4-2-1-3-6(7)8;8-6-7-4-2-1-3-5-7;2*1-2/h1-9,11H,10,16H2;1-5,10H,9H2;1-5H,6H2;2*1-2H3. The quantitative estimate of drug-likeness (QED) is 0.195. The average molecular weight is 541 g/mol. The molecule has 4 aromatic carbocycles. The number of H-pyrrole nitrogens is 1. The molecule has 5 heteroatoms. The summed E-state index contributed by atoms with van der Waals surface area (Å²) in [7, 11) is 0. The van der Waals surface area contributed by atoms with E-state index < -0.39 is 0 Å². The number of hydrogen-bond acceptors (Lipinski definition) is 2. The first-order valence-corrected chi connectivity index (χ1v) is 14.0. The van der Waals surface area contributed by atoms with Crippen LogP contribution in [-0.2, 0) is 12.4 Å². The van der Waals surface area contributed by atoms with Gasteiger partial charge in [0.15, 0.2) is 0 Å². The largest absolute Gasteiger partial charge is 0.397 e. The molecule has 0 radical (unpaired) electrons. The number of fused-ring (bicyclic) bond motifs is 2. The van der Waals surface area contributed by atoms with Gasteiger partial charge in [-0.15, -0.1) is 11.6 Å². The highest BCUT2D eigenvalue weighted by Crippen LogP contribution is 2.23. The van der Waals surface area contributed by atoms with Crippen molar-refractivity contribution in [2.24, 2.45) is 0 Å². The maximum atomic E-state index is 6.01. The number of benzene rings is 4. The van der Waals surface area contributed by atoms with Gasteiger partial charge in [-0.1, -0.05) is 125 Å². The Morgan fingerprint density at radius 2 is 1.13 bits per heavy atom. The molecule has 2 heterocycles. The molecular formula is C34H41ClN4. The van der Waals surface area contributed by atoms with Gasteiger partial charge in [0.05, 0.1) is 16.9 Å². The fourth-order valence-corrected chi connectivity index (χ4v) is 4.03. The number of aromatic nitrogens is 2. The minimum absolute atomic E-state index is 0.612.